The van der Waals surface area contributed by atoms with E-state index in [1.165, 1.54) is 6.08 Å². The Kier molecular flexibility index (Phi) is 6.53. The summed E-state index contributed by atoms with van der Waals surface area (Å²) in [6.07, 6.45) is 1.49. The standard InChI is InChI=1S/C24H18N2O3/c25-16-21(23(27)26-17-19-7-3-1-4-8-19)15-18-11-13-22(14-12-18)29-24(28)20-9-5-2-6-10-20/h1-15H,17H2,(H,26,27)/b21-15+. The highest BCUT2D eigenvalue weighted by atomic mass is 16.5. The van der Waals surface area contributed by atoms with E-state index >= 15 is 0 Å². The van der Waals surface area contributed by atoms with Crippen LogP contribution in [0.1, 0.15) is 21.5 Å². The van der Waals surface area contributed by atoms with E-state index in [0.717, 1.165) is 5.56 Å². The molecule has 3 rings (SSSR count). The minimum atomic E-state index is -0.452. The maximum atomic E-state index is 12.3. The van der Waals surface area contributed by atoms with E-state index in [1.54, 1.807) is 48.5 Å². The first-order valence-electron chi connectivity index (χ1n) is 8.97. The third-order valence-corrected chi connectivity index (χ3v) is 4.07. The van der Waals surface area contributed by atoms with Crippen LogP contribution >= 0.6 is 0 Å². The number of nitriles is 1. The molecule has 0 unspecified atom stereocenters. The number of hydrogen-bond donors (Lipinski definition) is 1. The van der Waals surface area contributed by atoms with Gasteiger partial charge < -0.3 is 10.1 Å². The second-order valence-corrected chi connectivity index (χ2v) is 6.16. The average Bonchev–Trinajstić information content (AvgIpc) is 2.78. The number of carbonyl (C=O) groups excluding carboxylic acids is 2. The van der Waals surface area contributed by atoms with Gasteiger partial charge in [0.1, 0.15) is 17.4 Å². The Morgan fingerprint density at radius 1 is 0.897 bits per heavy atom. The van der Waals surface area contributed by atoms with Gasteiger partial charge in [0.15, 0.2) is 0 Å². The Morgan fingerprint density at radius 3 is 2.14 bits per heavy atom. The molecule has 0 fully saturated rings. The molecule has 0 aliphatic heterocycles. The molecule has 3 aromatic carbocycles. The molecule has 1 amide bonds. The van der Waals surface area contributed by atoms with E-state index in [9.17, 15) is 14.9 Å². The van der Waals surface area contributed by atoms with Crippen LogP contribution in [0.5, 0.6) is 5.75 Å². The van der Waals surface area contributed by atoms with Gasteiger partial charge in [-0.1, -0.05) is 60.7 Å². The Bertz CT molecular complexity index is 1050. The molecule has 0 saturated heterocycles. The predicted molar refractivity (Wildman–Crippen MR) is 110 cm³/mol. The smallest absolute Gasteiger partial charge is 0.343 e. The lowest BCUT2D eigenvalue weighted by molar-refractivity contribution is -0.117. The highest BCUT2D eigenvalue weighted by Crippen LogP contribution is 2.16. The molecule has 0 spiro atoms. The maximum absolute atomic E-state index is 12.3. The molecule has 0 atom stereocenters. The Morgan fingerprint density at radius 2 is 1.52 bits per heavy atom. The minimum Gasteiger partial charge on any atom is -0.423 e. The number of carbonyl (C=O) groups is 2. The second-order valence-electron chi connectivity index (χ2n) is 6.16. The average molecular weight is 382 g/mol. The van der Waals surface area contributed by atoms with Crippen molar-refractivity contribution in [3.63, 3.8) is 0 Å². The fraction of sp³-hybridized carbons (Fsp3) is 0.0417. The van der Waals surface area contributed by atoms with E-state index in [1.807, 2.05) is 42.5 Å². The normalized spacial score (nSPS) is 10.7. The molecule has 29 heavy (non-hydrogen) atoms. The first-order chi connectivity index (χ1) is 14.2. The van der Waals surface area contributed by atoms with E-state index in [0.29, 0.717) is 23.4 Å². The summed E-state index contributed by atoms with van der Waals surface area (Å²) in [5.74, 6) is -0.522. The Hall–Kier alpha value is -4.17. The Labute approximate surface area is 168 Å². The molecule has 0 heterocycles. The van der Waals surface area contributed by atoms with Crippen molar-refractivity contribution >= 4 is 18.0 Å². The van der Waals surface area contributed by atoms with Gasteiger partial charge in [-0.3, -0.25) is 4.79 Å². The van der Waals surface area contributed by atoms with Gasteiger partial charge in [-0.2, -0.15) is 5.26 Å². The third kappa shape index (κ3) is 5.65. The highest BCUT2D eigenvalue weighted by molar-refractivity contribution is 6.01. The topological polar surface area (TPSA) is 79.2 Å². The van der Waals surface area contributed by atoms with Gasteiger partial charge in [0.2, 0.25) is 0 Å². The van der Waals surface area contributed by atoms with Crippen LogP contribution in [-0.4, -0.2) is 11.9 Å². The molecular formula is C24H18N2O3. The number of nitrogens with one attached hydrogen (secondary N) is 1. The van der Waals surface area contributed by atoms with Crippen LogP contribution in [-0.2, 0) is 11.3 Å². The van der Waals surface area contributed by atoms with Crippen molar-refractivity contribution in [1.82, 2.24) is 5.32 Å². The van der Waals surface area contributed by atoms with Gasteiger partial charge in [-0.25, -0.2) is 4.79 Å². The van der Waals surface area contributed by atoms with Crippen molar-refractivity contribution in [3.8, 4) is 11.8 Å². The molecule has 0 aliphatic carbocycles. The van der Waals surface area contributed by atoms with Crippen molar-refractivity contribution in [3.05, 3.63) is 107 Å². The molecular weight excluding hydrogens is 364 g/mol. The van der Waals surface area contributed by atoms with Crippen LogP contribution in [0.25, 0.3) is 6.08 Å². The lowest BCUT2D eigenvalue weighted by atomic mass is 10.1. The number of ether oxygens (including phenoxy) is 1. The van der Waals surface area contributed by atoms with Gasteiger partial charge >= 0.3 is 5.97 Å². The first kappa shape index (κ1) is 19.6. The number of nitrogens with zero attached hydrogens (tertiary/aromatic N) is 1. The van der Waals surface area contributed by atoms with E-state index in [4.69, 9.17) is 4.74 Å². The molecule has 0 aromatic heterocycles. The van der Waals surface area contributed by atoms with Gasteiger partial charge in [0.05, 0.1) is 5.56 Å². The summed E-state index contributed by atoms with van der Waals surface area (Å²) >= 11 is 0. The van der Waals surface area contributed by atoms with Gasteiger partial charge in [0, 0.05) is 6.54 Å². The van der Waals surface area contributed by atoms with Crippen LogP contribution in [0, 0.1) is 11.3 Å². The fourth-order valence-electron chi connectivity index (χ4n) is 2.56. The first-order valence-corrected chi connectivity index (χ1v) is 8.97. The zero-order valence-corrected chi connectivity index (χ0v) is 15.5. The number of hydrogen-bond acceptors (Lipinski definition) is 4. The molecule has 142 valence electrons. The van der Waals surface area contributed by atoms with Crippen molar-refractivity contribution < 1.29 is 14.3 Å². The van der Waals surface area contributed by atoms with Gasteiger partial charge in [-0.15, -0.1) is 0 Å². The summed E-state index contributed by atoms with van der Waals surface area (Å²) in [5.41, 5.74) is 2.05. The number of amides is 1. The van der Waals surface area contributed by atoms with Gasteiger partial charge in [0.25, 0.3) is 5.91 Å². The van der Waals surface area contributed by atoms with E-state index in [-0.39, 0.29) is 5.57 Å². The lowest BCUT2D eigenvalue weighted by Crippen LogP contribution is -2.23. The molecule has 0 radical (unpaired) electrons. The van der Waals surface area contributed by atoms with Crippen LogP contribution in [0.3, 0.4) is 0 Å². The SMILES string of the molecule is N#C/C(=C\c1ccc(OC(=O)c2ccccc2)cc1)C(=O)NCc1ccccc1. The molecule has 0 aliphatic rings. The monoisotopic (exact) mass is 382 g/mol. The zero-order valence-electron chi connectivity index (χ0n) is 15.5. The zero-order chi connectivity index (χ0) is 20.5. The van der Waals surface area contributed by atoms with Crippen molar-refractivity contribution in [1.29, 1.82) is 5.26 Å². The minimum absolute atomic E-state index is 0.00467. The predicted octanol–water partition coefficient (Wildman–Crippen LogP) is 4.13. The number of rotatable bonds is 6. The lowest BCUT2D eigenvalue weighted by Gasteiger charge is -2.06. The fourth-order valence-corrected chi connectivity index (χ4v) is 2.56. The third-order valence-electron chi connectivity index (χ3n) is 4.07. The van der Waals surface area contributed by atoms with Crippen molar-refractivity contribution in [2.75, 3.05) is 0 Å². The summed E-state index contributed by atoms with van der Waals surface area (Å²) in [5, 5.41) is 12.0. The summed E-state index contributed by atoms with van der Waals surface area (Å²) in [6.45, 7) is 0.340. The number of esters is 1. The van der Waals surface area contributed by atoms with E-state index < -0.39 is 11.9 Å². The molecule has 3 aromatic rings. The molecule has 0 bridgehead atoms. The van der Waals surface area contributed by atoms with Crippen LogP contribution < -0.4 is 10.1 Å². The highest BCUT2D eigenvalue weighted by Gasteiger charge is 2.10. The van der Waals surface area contributed by atoms with Gasteiger partial charge in [-0.05, 0) is 41.5 Å². The van der Waals surface area contributed by atoms with Crippen molar-refractivity contribution in [2.45, 2.75) is 6.54 Å². The van der Waals surface area contributed by atoms with E-state index in [2.05, 4.69) is 5.32 Å². The Balaban J connectivity index is 1.63. The van der Waals surface area contributed by atoms with Crippen LogP contribution in [0.4, 0.5) is 0 Å². The largest absolute Gasteiger partial charge is 0.423 e. The second kappa shape index (κ2) is 9.67. The molecule has 5 heteroatoms. The summed E-state index contributed by atoms with van der Waals surface area (Å²) < 4.78 is 5.32. The summed E-state index contributed by atoms with van der Waals surface area (Å²) in [4.78, 5) is 24.3. The number of benzene rings is 3. The molecule has 5 nitrogen and oxygen atoms in total. The summed E-state index contributed by atoms with van der Waals surface area (Å²) in [6, 6.07) is 26.6. The quantitative estimate of drug-likeness (QED) is 0.301. The van der Waals surface area contributed by atoms with Crippen LogP contribution in [0.2, 0.25) is 0 Å². The summed E-state index contributed by atoms with van der Waals surface area (Å²) in [7, 11) is 0. The maximum Gasteiger partial charge on any atom is 0.343 e. The van der Waals surface area contributed by atoms with Crippen molar-refractivity contribution in [2.24, 2.45) is 0 Å². The molecule has 1 N–H and O–H groups in total. The molecule has 0 saturated carbocycles. The van der Waals surface area contributed by atoms with Crippen LogP contribution in [0.15, 0.2) is 90.5 Å².